The van der Waals surface area contributed by atoms with Crippen LogP contribution in [-0.2, 0) is 17.6 Å². The van der Waals surface area contributed by atoms with Crippen LogP contribution in [0.1, 0.15) is 53.6 Å². The van der Waals surface area contributed by atoms with Crippen molar-refractivity contribution in [1.29, 1.82) is 0 Å². The summed E-state index contributed by atoms with van der Waals surface area (Å²) in [6.07, 6.45) is 5.40. The quantitative estimate of drug-likeness (QED) is 0.420. The molecule has 0 N–H and O–H groups in total. The smallest absolute Gasteiger partial charge is 0.255 e. The molecule has 3 aromatic rings. The van der Waals surface area contributed by atoms with Crippen LogP contribution in [0.25, 0.3) is 5.57 Å². The second kappa shape index (κ2) is 9.74. The highest BCUT2D eigenvalue weighted by atomic mass is 35.5. The maximum Gasteiger partial charge on any atom is 0.255 e. The Morgan fingerprint density at radius 1 is 1.00 bits per heavy atom. The highest BCUT2D eigenvalue weighted by molar-refractivity contribution is 6.30. The molecule has 2 aliphatic rings. The van der Waals surface area contributed by atoms with Gasteiger partial charge in [0.2, 0.25) is 5.91 Å². The van der Waals surface area contributed by atoms with E-state index in [0.717, 1.165) is 46.7 Å². The van der Waals surface area contributed by atoms with Crippen molar-refractivity contribution in [2.75, 3.05) is 20.1 Å². The number of nitrogens with zero attached hydrogens (tertiary/aromatic N) is 3. The SMILES string of the molecule is CC(C(=O)N1CCC(=C2c3ccc(Cl)cc3CCc3cccnc32)CC1)c1ccc([N+](C)=O)cc1. The van der Waals surface area contributed by atoms with Crippen molar-refractivity contribution in [3.8, 4) is 0 Å². The lowest BCUT2D eigenvalue weighted by Gasteiger charge is -2.32. The monoisotopic (exact) mass is 486 g/mol. The topological polar surface area (TPSA) is 53.3 Å². The standard InChI is InChI=1S/C29H29ClN3O2/c1-19(20-7-10-25(11-8-20)32(2)35)29(34)33-16-13-21(14-17-33)27-26-12-9-24(30)18-23(26)6-5-22-4-3-15-31-28(22)27/h3-4,7-12,15,18-19H,5-6,13-14,16-17H2,1-2H3/q+1. The minimum Gasteiger partial charge on any atom is -0.342 e. The van der Waals surface area contributed by atoms with Crippen LogP contribution >= 0.6 is 11.6 Å². The van der Waals surface area contributed by atoms with Crippen molar-refractivity contribution in [3.05, 3.63) is 104 Å². The molecular weight excluding hydrogens is 458 g/mol. The molecule has 6 heteroatoms. The fourth-order valence-corrected chi connectivity index (χ4v) is 5.46. The number of piperidine rings is 1. The number of amides is 1. The van der Waals surface area contributed by atoms with E-state index >= 15 is 0 Å². The predicted octanol–water partition coefficient (Wildman–Crippen LogP) is 6.10. The zero-order valence-corrected chi connectivity index (χ0v) is 20.9. The van der Waals surface area contributed by atoms with Gasteiger partial charge in [-0.25, -0.2) is 0 Å². The fraction of sp³-hybridized carbons (Fsp3) is 0.310. The summed E-state index contributed by atoms with van der Waals surface area (Å²) in [5, 5.41) is 0.761. The summed E-state index contributed by atoms with van der Waals surface area (Å²) in [6.45, 7) is 3.32. The van der Waals surface area contributed by atoms with Crippen LogP contribution in [0.4, 0.5) is 5.69 Å². The first kappa shape index (κ1) is 23.4. The Kier molecular flexibility index (Phi) is 6.52. The minimum atomic E-state index is -0.252. The lowest BCUT2D eigenvalue weighted by atomic mass is 9.88. The van der Waals surface area contributed by atoms with Gasteiger partial charge in [-0.2, -0.15) is 0 Å². The molecule has 0 spiro atoms. The largest absolute Gasteiger partial charge is 0.342 e. The molecule has 0 radical (unpaired) electrons. The Hall–Kier alpha value is -3.31. The number of carbonyl (C=O) groups excluding carboxylic acids is 1. The van der Waals surface area contributed by atoms with E-state index in [1.54, 1.807) is 12.1 Å². The molecule has 0 bridgehead atoms. The third kappa shape index (κ3) is 4.65. The molecule has 1 aliphatic heterocycles. The van der Waals surface area contributed by atoms with E-state index in [1.165, 1.54) is 34.9 Å². The van der Waals surface area contributed by atoms with Crippen molar-refractivity contribution in [2.45, 2.75) is 38.5 Å². The lowest BCUT2D eigenvalue weighted by Crippen LogP contribution is -2.39. The van der Waals surface area contributed by atoms with Gasteiger partial charge in [-0.15, -0.1) is 0 Å². The van der Waals surface area contributed by atoms with Gasteiger partial charge in [-0.1, -0.05) is 41.4 Å². The van der Waals surface area contributed by atoms with E-state index in [4.69, 9.17) is 16.6 Å². The maximum atomic E-state index is 13.3. The van der Waals surface area contributed by atoms with Gasteiger partial charge in [-0.3, -0.25) is 9.78 Å². The lowest BCUT2D eigenvalue weighted by molar-refractivity contribution is -0.428. The number of rotatable bonds is 3. The van der Waals surface area contributed by atoms with Crippen LogP contribution in [0, 0.1) is 4.91 Å². The summed E-state index contributed by atoms with van der Waals surface area (Å²) in [5.74, 6) is -0.123. The van der Waals surface area contributed by atoms with Gasteiger partial charge in [-0.05, 0) is 73.1 Å². The predicted molar refractivity (Wildman–Crippen MR) is 139 cm³/mol. The first-order valence-electron chi connectivity index (χ1n) is 12.2. The number of fused-ring (bicyclic) bond motifs is 2. The highest BCUT2D eigenvalue weighted by Gasteiger charge is 2.28. The molecule has 5 nitrogen and oxygen atoms in total. The molecule has 35 heavy (non-hydrogen) atoms. The van der Waals surface area contributed by atoms with Crippen LogP contribution in [-0.4, -0.2) is 40.7 Å². The third-order valence-corrected chi connectivity index (χ3v) is 7.52. The van der Waals surface area contributed by atoms with Crippen LogP contribution in [0.3, 0.4) is 0 Å². The number of halogens is 1. The Labute approximate surface area is 211 Å². The molecule has 1 saturated heterocycles. The number of aromatic nitrogens is 1. The summed E-state index contributed by atoms with van der Waals surface area (Å²) < 4.78 is 0.822. The van der Waals surface area contributed by atoms with Crippen molar-refractivity contribution >= 4 is 28.8 Å². The van der Waals surface area contributed by atoms with E-state index in [1.807, 2.05) is 42.3 Å². The first-order valence-corrected chi connectivity index (χ1v) is 12.5. The Bertz CT molecular complexity index is 1320. The number of hydrogen-bond acceptors (Lipinski definition) is 3. The summed E-state index contributed by atoms with van der Waals surface area (Å²) in [6, 6.07) is 17.6. The maximum absolute atomic E-state index is 13.3. The van der Waals surface area contributed by atoms with Crippen molar-refractivity contribution in [2.24, 2.45) is 0 Å². The third-order valence-electron chi connectivity index (χ3n) is 7.29. The zero-order chi connectivity index (χ0) is 24.5. The summed E-state index contributed by atoms with van der Waals surface area (Å²) >= 11 is 6.34. The number of hydrogen-bond donors (Lipinski definition) is 0. The average Bonchev–Trinajstić information content (AvgIpc) is 3.04. The zero-order valence-electron chi connectivity index (χ0n) is 20.1. The van der Waals surface area contributed by atoms with E-state index in [0.29, 0.717) is 18.8 Å². The molecule has 0 saturated carbocycles. The van der Waals surface area contributed by atoms with E-state index in [2.05, 4.69) is 18.2 Å². The molecule has 2 aromatic carbocycles. The molecule has 5 rings (SSSR count). The van der Waals surface area contributed by atoms with Gasteiger partial charge < -0.3 is 4.90 Å². The van der Waals surface area contributed by atoms with Gasteiger partial charge in [0.1, 0.15) is 0 Å². The molecular formula is C29H29ClN3O2+. The molecule has 1 unspecified atom stereocenters. The van der Waals surface area contributed by atoms with Crippen LogP contribution in [0.2, 0.25) is 5.02 Å². The van der Waals surface area contributed by atoms with Gasteiger partial charge in [0.15, 0.2) is 7.05 Å². The average molecular weight is 487 g/mol. The summed E-state index contributed by atoms with van der Waals surface area (Å²) in [4.78, 5) is 31.6. The molecule has 1 atom stereocenters. The number of likely N-dealkylation sites (tertiary alicyclic amines) is 1. The number of nitroso groups, excluding NO2 is 1. The molecule has 2 heterocycles. The van der Waals surface area contributed by atoms with Gasteiger partial charge >= 0.3 is 0 Å². The Morgan fingerprint density at radius 3 is 2.43 bits per heavy atom. The normalized spacial score (nSPS) is 16.3. The number of benzene rings is 2. The van der Waals surface area contributed by atoms with E-state index < -0.39 is 0 Å². The molecule has 1 aromatic heterocycles. The fourth-order valence-electron chi connectivity index (χ4n) is 5.27. The number of carbonyl (C=O) groups is 1. The van der Waals surface area contributed by atoms with Crippen molar-refractivity contribution < 1.29 is 9.55 Å². The van der Waals surface area contributed by atoms with Crippen molar-refractivity contribution in [3.63, 3.8) is 0 Å². The second-order valence-corrected chi connectivity index (χ2v) is 9.86. The highest BCUT2D eigenvalue weighted by Crippen LogP contribution is 2.38. The van der Waals surface area contributed by atoms with Crippen LogP contribution in [0.5, 0.6) is 0 Å². The van der Waals surface area contributed by atoms with Crippen LogP contribution < -0.4 is 0 Å². The summed E-state index contributed by atoms with van der Waals surface area (Å²) in [5.41, 5.74) is 8.91. The van der Waals surface area contributed by atoms with E-state index in [9.17, 15) is 9.70 Å². The second-order valence-electron chi connectivity index (χ2n) is 9.43. The summed E-state index contributed by atoms with van der Waals surface area (Å²) in [7, 11) is 1.47. The molecule has 178 valence electrons. The van der Waals surface area contributed by atoms with E-state index in [-0.39, 0.29) is 11.8 Å². The van der Waals surface area contributed by atoms with Gasteiger partial charge in [0, 0.05) is 51.7 Å². The number of aryl methyl sites for hydroxylation is 2. The number of pyridine rings is 1. The van der Waals surface area contributed by atoms with Gasteiger partial charge in [0.05, 0.1) is 11.6 Å². The molecule has 1 fully saturated rings. The van der Waals surface area contributed by atoms with Crippen LogP contribution in [0.15, 0.2) is 66.4 Å². The Balaban J connectivity index is 1.40. The minimum absolute atomic E-state index is 0.129. The molecule has 1 amide bonds. The molecule has 1 aliphatic carbocycles. The first-order chi connectivity index (χ1) is 16.9. The van der Waals surface area contributed by atoms with Crippen molar-refractivity contribution in [1.82, 2.24) is 9.88 Å². The Morgan fingerprint density at radius 2 is 1.71 bits per heavy atom. The van der Waals surface area contributed by atoms with Gasteiger partial charge in [0.25, 0.3) is 5.69 Å².